The molecule has 0 radical (unpaired) electrons. The summed E-state index contributed by atoms with van der Waals surface area (Å²) in [5.74, 6) is 1.53. The summed E-state index contributed by atoms with van der Waals surface area (Å²) >= 11 is 0. The number of amides is 1. The third kappa shape index (κ3) is 3.22. The fourth-order valence-corrected chi connectivity index (χ4v) is 2.54. The van der Waals surface area contributed by atoms with Crippen LogP contribution in [0, 0.1) is 0 Å². The van der Waals surface area contributed by atoms with Crippen LogP contribution in [-0.4, -0.2) is 57.7 Å². The standard InChI is InChI=1S/C14H22N4O4/c1-14(2,3)22-13(19)17-4-5-18-11(8-17)15-16-12(18)10-9-20-6-7-21-10/h10H,4-9H2,1-3H3. The van der Waals surface area contributed by atoms with Crippen molar-refractivity contribution < 1.29 is 19.0 Å². The van der Waals surface area contributed by atoms with Gasteiger partial charge in [-0.05, 0) is 20.8 Å². The van der Waals surface area contributed by atoms with Gasteiger partial charge < -0.3 is 18.8 Å². The molecule has 3 heterocycles. The van der Waals surface area contributed by atoms with Gasteiger partial charge in [0.15, 0.2) is 11.6 Å². The highest BCUT2D eigenvalue weighted by Crippen LogP contribution is 2.23. The van der Waals surface area contributed by atoms with Crippen LogP contribution in [0.15, 0.2) is 0 Å². The van der Waals surface area contributed by atoms with E-state index in [9.17, 15) is 4.79 Å². The van der Waals surface area contributed by atoms with Crippen LogP contribution in [0.3, 0.4) is 0 Å². The predicted molar refractivity (Wildman–Crippen MR) is 76.2 cm³/mol. The third-order valence-electron chi connectivity index (χ3n) is 3.54. The highest BCUT2D eigenvalue weighted by Gasteiger charge is 2.31. The Balaban J connectivity index is 1.69. The zero-order chi connectivity index (χ0) is 15.7. The highest BCUT2D eigenvalue weighted by atomic mass is 16.6. The van der Waals surface area contributed by atoms with Crippen molar-refractivity contribution >= 4 is 6.09 Å². The average Bonchev–Trinajstić information content (AvgIpc) is 2.89. The Kier molecular flexibility index (Phi) is 4.05. The molecule has 0 aliphatic carbocycles. The molecule has 3 rings (SSSR count). The van der Waals surface area contributed by atoms with Crippen molar-refractivity contribution in [2.75, 3.05) is 26.4 Å². The van der Waals surface area contributed by atoms with Crippen LogP contribution in [-0.2, 0) is 27.3 Å². The molecule has 8 nitrogen and oxygen atoms in total. The lowest BCUT2D eigenvalue weighted by atomic mass is 10.2. The normalized spacial score (nSPS) is 22.3. The minimum absolute atomic E-state index is 0.178. The van der Waals surface area contributed by atoms with Crippen LogP contribution in [0.4, 0.5) is 4.79 Å². The Morgan fingerprint density at radius 1 is 1.27 bits per heavy atom. The molecule has 22 heavy (non-hydrogen) atoms. The zero-order valence-corrected chi connectivity index (χ0v) is 13.2. The maximum atomic E-state index is 12.1. The van der Waals surface area contributed by atoms with Crippen LogP contribution in [0.2, 0.25) is 0 Å². The van der Waals surface area contributed by atoms with E-state index in [0.717, 1.165) is 11.6 Å². The van der Waals surface area contributed by atoms with E-state index in [1.807, 2.05) is 25.3 Å². The molecule has 0 aromatic carbocycles. The van der Waals surface area contributed by atoms with Gasteiger partial charge in [0.1, 0.15) is 11.7 Å². The first-order valence-corrected chi connectivity index (χ1v) is 7.53. The maximum Gasteiger partial charge on any atom is 0.410 e. The molecule has 0 spiro atoms. The number of carbonyl (C=O) groups is 1. The van der Waals surface area contributed by atoms with E-state index >= 15 is 0 Å². The molecular formula is C14H22N4O4. The Labute approximate surface area is 129 Å². The fraction of sp³-hybridized carbons (Fsp3) is 0.786. The first kappa shape index (κ1) is 15.2. The molecule has 8 heteroatoms. The monoisotopic (exact) mass is 310 g/mol. The zero-order valence-electron chi connectivity index (χ0n) is 13.2. The van der Waals surface area contributed by atoms with Crippen LogP contribution in [0.5, 0.6) is 0 Å². The minimum atomic E-state index is -0.499. The van der Waals surface area contributed by atoms with Gasteiger partial charge in [-0.25, -0.2) is 4.79 Å². The lowest BCUT2D eigenvalue weighted by Crippen LogP contribution is -2.42. The second-order valence-electron chi connectivity index (χ2n) is 6.46. The molecule has 0 bridgehead atoms. The van der Waals surface area contributed by atoms with Gasteiger partial charge in [0.2, 0.25) is 0 Å². The minimum Gasteiger partial charge on any atom is -0.444 e. The van der Waals surface area contributed by atoms with Crippen molar-refractivity contribution in [1.82, 2.24) is 19.7 Å². The number of hydrogen-bond acceptors (Lipinski definition) is 6. The summed E-state index contributed by atoms with van der Waals surface area (Å²) in [4.78, 5) is 13.8. The first-order chi connectivity index (χ1) is 10.4. The van der Waals surface area contributed by atoms with Crippen LogP contribution in [0.1, 0.15) is 38.5 Å². The van der Waals surface area contributed by atoms with Gasteiger partial charge in [-0.1, -0.05) is 0 Å². The second-order valence-corrected chi connectivity index (χ2v) is 6.46. The number of hydrogen-bond donors (Lipinski definition) is 0. The fourth-order valence-electron chi connectivity index (χ4n) is 2.54. The number of ether oxygens (including phenoxy) is 3. The number of rotatable bonds is 1. The van der Waals surface area contributed by atoms with E-state index in [0.29, 0.717) is 39.5 Å². The van der Waals surface area contributed by atoms with Crippen molar-refractivity contribution in [2.45, 2.75) is 45.6 Å². The van der Waals surface area contributed by atoms with Crippen molar-refractivity contribution in [3.05, 3.63) is 11.6 Å². The summed E-state index contributed by atoms with van der Waals surface area (Å²) in [5.41, 5.74) is -0.499. The average molecular weight is 310 g/mol. The van der Waals surface area contributed by atoms with Gasteiger partial charge in [0.05, 0.1) is 26.4 Å². The lowest BCUT2D eigenvalue weighted by Gasteiger charge is -2.31. The number of fused-ring (bicyclic) bond motifs is 1. The molecule has 1 saturated heterocycles. The Morgan fingerprint density at radius 3 is 2.77 bits per heavy atom. The summed E-state index contributed by atoms with van der Waals surface area (Å²) in [5, 5.41) is 8.41. The quantitative estimate of drug-likeness (QED) is 0.773. The molecule has 1 unspecified atom stereocenters. The highest BCUT2D eigenvalue weighted by molar-refractivity contribution is 5.68. The third-order valence-corrected chi connectivity index (χ3v) is 3.54. The van der Waals surface area contributed by atoms with Gasteiger partial charge in [0.25, 0.3) is 0 Å². The molecular weight excluding hydrogens is 288 g/mol. The largest absolute Gasteiger partial charge is 0.444 e. The molecule has 1 amide bonds. The van der Waals surface area contributed by atoms with Crippen LogP contribution in [0.25, 0.3) is 0 Å². The molecule has 1 aromatic heterocycles. The van der Waals surface area contributed by atoms with Gasteiger partial charge in [0, 0.05) is 13.1 Å². The van der Waals surface area contributed by atoms with Crippen LogP contribution < -0.4 is 0 Å². The summed E-state index contributed by atoms with van der Waals surface area (Å²) in [6.45, 7) is 8.85. The van der Waals surface area contributed by atoms with Gasteiger partial charge in [-0.3, -0.25) is 4.90 Å². The molecule has 0 saturated carbocycles. The SMILES string of the molecule is CC(C)(C)OC(=O)N1CCn2c(nnc2C2COCCO2)C1. The molecule has 2 aliphatic heterocycles. The van der Waals surface area contributed by atoms with Crippen molar-refractivity contribution in [2.24, 2.45) is 0 Å². The van der Waals surface area contributed by atoms with Crippen molar-refractivity contribution in [3.8, 4) is 0 Å². The van der Waals surface area contributed by atoms with Crippen molar-refractivity contribution in [3.63, 3.8) is 0 Å². The van der Waals surface area contributed by atoms with Crippen molar-refractivity contribution in [1.29, 1.82) is 0 Å². The molecule has 0 N–H and O–H groups in total. The molecule has 1 aromatic rings. The van der Waals surface area contributed by atoms with E-state index in [2.05, 4.69) is 10.2 Å². The number of aromatic nitrogens is 3. The van der Waals surface area contributed by atoms with E-state index in [4.69, 9.17) is 14.2 Å². The van der Waals surface area contributed by atoms with Crippen LogP contribution >= 0.6 is 0 Å². The smallest absolute Gasteiger partial charge is 0.410 e. The summed E-state index contributed by atoms with van der Waals surface area (Å²) in [7, 11) is 0. The molecule has 2 aliphatic rings. The molecule has 1 atom stereocenters. The first-order valence-electron chi connectivity index (χ1n) is 7.53. The van der Waals surface area contributed by atoms with Gasteiger partial charge in [-0.2, -0.15) is 0 Å². The van der Waals surface area contributed by atoms with E-state index in [-0.39, 0.29) is 12.2 Å². The topological polar surface area (TPSA) is 78.7 Å². The Morgan fingerprint density at radius 2 is 2.09 bits per heavy atom. The summed E-state index contributed by atoms with van der Waals surface area (Å²) < 4.78 is 18.5. The predicted octanol–water partition coefficient (Wildman–Crippen LogP) is 1.12. The summed E-state index contributed by atoms with van der Waals surface area (Å²) in [6, 6.07) is 0. The second kappa shape index (κ2) is 5.85. The Hall–Kier alpha value is -1.67. The van der Waals surface area contributed by atoms with E-state index in [1.54, 1.807) is 4.90 Å². The number of carbonyl (C=O) groups excluding carboxylic acids is 1. The number of nitrogens with zero attached hydrogens (tertiary/aromatic N) is 4. The lowest BCUT2D eigenvalue weighted by molar-refractivity contribution is -0.0951. The maximum absolute atomic E-state index is 12.1. The summed E-state index contributed by atoms with van der Waals surface area (Å²) in [6.07, 6.45) is -0.497. The molecule has 122 valence electrons. The van der Waals surface area contributed by atoms with E-state index in [1.165, 1.54) is 0 Å². The van der Waals surface area contributed by atoms with Gasteiger partial charge >= 0.3 is 6.09 Å². The van der Waals surface area contributed by atoms with Gasteiger partial charge in [-0.15, -0.1) is 10.2 Å². The molecule has 1 fully saturated rings. The van der Waals surface area contributed by atoms with E-state index < -0.39 is 5.60 Å². The Bertz CT molecular complexity index is 546.